The van der Waals surface area contributed by atoms with Crippen LogP contribution in [0.15, 0.2) is 22.7 Å². The molecule has 0 radical (unpaired) electrons. The van der Waals surface area contributed by atoms with Crippen molar-refractivity contribution in [2.75, 3.05) is 13.7 Å². The molecule has 2 aromatic rings. The lowest BCUT2D eigenvalue weighted by Crippen LogP contribution is -2.23. The fourth-order valence-corrected chi connectivity index (χ4v) is 3.31. The van der Waals surface area contributed by atoms with Gasteiger partial charge in [0.05, 0.1) is 17.7 Å². The first-order valence-corrected chi connectivity index (χ1v) is 8.07. The molecule has 0 aliphatic rings. The minimum absolute atomic E-state index is 0.211. The normalized spacial score (nSPS) is 12.4. The summed E-state index contributed by atoms with van der Waals surface area (Å²) in [7, 11) is 1.70. The third-order valence-corrected chi connectivity index (χ3v) is 4.55. The Morgan fingerprint density at radius 2 is 2.25 bits per heavy atom. The van der Waals surface area contributed by atoms with Crippen LogP contribution in [-0.4, -0.2) is 23.2 Å². The molecule has 0 aliphatic carbocycles. The lowest BCUT2D eigenvalue weighted by Gasteiger charge is -2.18. The molecule has 0 bridgehead atoms. The highest BCUT2D eigenvalue weighted by atomic mass is 79.9. The Kier molecular flexibility index (Phi) is 5.51. The van der Waals surface area contributed by atoms with Crippen molar-refractivity contribution in [2.45, 2.75) is 26.3 Å². The number of hydrogen-bond donors (Lipinski definition) is 1. The smallest absolute Gasteiger partial charge is 0.122 e. The van der Waals surface area contributed by atoms with Gasteiger partial charge in [-0.25, -0.2) is 0 Å². The number of hydrogen-bond acceptors (Lipinski definition) is 5. The first-order valence-electron chi connectivity index (χ1n) is 6.50. The minimum atomic E-state index is 0.211. The van der Waals surface area contributed by atoms with Crippen LogP contribution in [0.5, 0.6) is 5.75 Å². The van der Waals surface area contributed by atoms with Gasteiger partial charge in [0.1, 0.15) is 5.75 Å². The molecule has 0 spiro atoms. The molecule has 108 valence electrons. The summed E-state index contributed by atoms with van der Waals surface area (Å²) in [6.45, 7) is 5.01. The molecule has 0 fully saturated rings. The molecule has 0 saturated heterocycles. The van der Waals surface area contributed by atoms with Crippen LogP contribution in [0.25, 0.3) is 0 Å². The van der Waals surface area contributed by atoms with Gasteiger partial charge in [0, 0.05) is 10.5 Å². The Balaban J connectivity index is 2.29. The minimum Gasteiger partial charge on any atom is -0.496 e. The number of nitrogens with zero attached hydrogens (tertiary/aromatic N) is 2. The molecule has 1 unspecified atom stereocenters. The molecule has 1 N–H and O–H groups in total. The molecule has 1 atom stereocenters. The van der Waals surface area contributed by atoms with Gasteiger partial charge >= 0.3 is 0 Å². The molecule has 1 aromatic carbocycles. The molecular weight excluding hydrogens is 338 g/mol. The highest BCUT2D eigenvalue weighted by Gasteiger charge is 2.18. The van der Waals surface area contributed by atoms with E-state index in [4.69, 9.17) is 4.74 Å². The summed E-state index contributed by atoms with van der Waals surface area (Å²) in [6.07, 6.45) is 0.848. The van der Waals surface area contributed by atoms with E-state index in [2.05, 4.69) is 43.8 Å². The Bertz CT molecular complexity index is 573. The van der Waals surface area contributed by atoms with Crippen LogP contribution in [0.1, 0.15) is 29.1 Å². The molecule has 1 aromatic heterocycles. The quantitative estimate of drug-likeness (QED) is 0.861. The van der Waals surface area contributed by atoms with Crippen molar-refractivity contribution >= 4 is 27.5 Å². The fourth-order valence-electron chi connectivity index (χ4n) is 2.19. The van der Waals surface area contributed by atoms with E-state index in [1.54, 1.807) is 7.11 Å². The molecule has 0 aliphatic heterocycles. The van der Waals surface area contributed by atoms with Crippen molar-refractivity contribution in [3.8, 4) is 5.75 Å². The number of rotatable bonds is 6. The van der Waals surface area contributed by atoms with E-state index in [1.807, 2.05) is 19.1 Å². The van der Waals surface area contributed by atoms with Gasteiger partial charge < -0.3 is 10.1 Å². The molecule has 6 heteroatoms. The lowest BCUT2D eigenvalue weighted by atomic mass is 10.0. The van der Waals surface area contributed by atoms with Gasteiger partial charge in [0.2, 0.25) is 0 Å². The monoisotopic (exact) mass is 355 g/mol. The van der Waals surface area contributed by atoms with Gasteiger partial charge in [-0.1, -0.05) is 27.3 Å². The van der Waals surface area contributed by atoms with Gasteiger partial charge in [-0.3, -0.25) is 0 Å². The third kappa shape index (κ3) is 3.56. The number of ether oxygens (including phenoxy) is 1. The zero-order chi connectivity index (χ0) is 14.5. The topological polar surface area (TPSA) is 47.0 Å². The number of aromatic nitrogens is 2. The van der Waals surface area contributed by atoms with Crippen LogP contribution in [0, 0.1) is 6.92 Å². The second kappa shape index (κ2) is 7.15. The Hall–Kier alpha value is -0.980. The van der Waals surface area contributed by atoms with E-state index in [1.165, 1.54) is 22.0 Å². The van der Waals surface area contributed by atoms with Crippen LogP contribution in [0.3, 0.4) is 0 Å². The van der Waals surface area contributed by atoms with E-state index in [0.717, 1.165) is 28.9 Å². The lowest BCUT2D eigenvalue weighted by molar-refractivity contribution is 0.405. The van der Waals surface area contributed by atoms with Crippen molar-refractivity contribution < 1.29 is 4.74 Å². The van der Waals surface area contributed by atoms with Crippen molar-refractivity contribution in [2.24, 2.45) is 0 Å². The Labute approximate surface area is 131 Å². The standard InChI is InChI=1S/C14H18BrN3OS/c1-4-16-12(14-9(2)17-18-20-14)8-10-7-11(15)5-6-13(10)19-3/h5-7,12,16H,4,8H2,1-3H3. The Morgan fingerprint density at radius 3 is 2.85 bits per heavy atom. The van der Waals surface area contributed by atoms with Crippen LogP contribution in [0.4, 0.5) is 0 Å². The van der Waals surface area contributed by atoms with Gasteiger partial charge in [0.25, 0.3) is 0 Å². The number of likely N-dealkylation sites (N-methyl/N-ethyl adjacent to an activating group) is 1. The number of halogens is 1. The molecule has 20 heavy (non-hydrogen) atoms. The first kappa shape index (κ1) is 15.4. The highest BCUT2D eigenvalue weighted by molar-refractivity contribution is 9.10. The molecular formula is C14H18BrN3OS. The highest BCUT2D eigenvalue weighted by Crippen LogP contribution is 2.29. The summed E-state index contributed by atoms with van der Waals surface area (Å²) < 4.78 is 10.5. The van der Waals surface area contributed by atoms with E-state index >= 15 is 0 Å². The maximum Gasteiger partial charge on any atom is 0.122 e. The second-order valence-corrected chi connectivity index (χ2v) is 6.19. The van der Waals surface area contributed by atoms with Gasteiger partial charge in [-0.05, 0) is 55.2 Å². The third-order valence-electron chi connectivity index (χ3n) is 3.12. The van der Waals surface area contributed by atoms with Crippen LogP contribution in [-0.2, 0) is 6.42 Å². The molecule has 0 saturated carbocycles. The van der Waals surface area contributed by atoms with Crippen LogP contribution >= 0.6 is 27.5 Å². The second-order valence-electron chi connectivity index (χ2n) is 4.49. The summed E-state index contributed by atoms with van der Waals surface area (Å²) in [4.78, 5) is 1.19. The van der Waals surface area contributed by atoms with Crippen molar-refractivity contribution in [3.63, 3.8) is 0 Å². The first-order chi connectivity index (χ1) is 9.65. The van der Waals surface area contributed by atoms with Gasteiger partial charge in [-0.15, -0.1) is 5.10 Å². The predicted octanol–water partition coefficient (Wildman–Crippen LogP) is 3.51. The summed E-state index contributed by atoms with van der Waals surface area (Å²) in [6, 6.07) is 6.29. The number of methoxy groups -OCH3 is 1. The van der Waals surface area contributed by atoms with Crippen molar-refractivity contribution in [3.05, 3.63) is 38.8 Å². The number of aryl methyl sites for hydroxylation is 1. The largest absolute Gasteiger partial charge is 0.496 e. The van der Waals surface area contributed by atoms with E-state index in [0.29, 0.717) is 0 Å². The zero-order valence-corrected chi connectivity index (χ0v) is 14.2. The Morgan fingerprint density at radius 1 is 1.45 bits per heavy atom. The van der Waals surface area contributed by atoms with E-state index in [-0.39, 0.29) is 6.04 Å². The number of benzene rings is 1. The van der Waals surface area contributed by atoms with Crippen molar-refractivity contribution in [1.29, 1.82) is 0 Å². The van der Waals surface area contributed by atoms with E-state index < -0.39 is 0 Å². The van der Waals surface area contributed by atoms with Crippen molar-refractivity contribution in [1.82, 2.24) is 14.9 Å². The predicted molar refractivity (Wildman–Crippen MR) is 85.5 cm³/mol. The number of nitrogens with one attached hydrogen (secondary N) is 1. The fraction of sp³-hybridized carbons (Fsp3) is 0.429. The van der Waals surface area contributed by atoms with Crippen LogP contribution in [0.2, 0.25) is 0 Å². The maximum atomic E-state index is 5.45. The SMILES string of the molecule is CCNC(Cc1cc(Br)ccc1OC)c1snnc1C. The maximum absolute atomic E-state index is 5.45. The summed E-state index contributed by atoms with van der Waals surface area (Å²) in [5.41, 5.74) is 2.16. The van der Waals surface area contributed by atoms with Crippen LogP contribution < -0.4 is 10.1 Å². The average molecular weight is 356 g/mol. The van der Waals surface area contributed by atoms with Gasteiger partial charge in [0.15, 0.2) is 0 Å². The summed E-state index contributed by atoms with van der Waals surface area (Å²) in [5.74, 6) is 0.909. The molecule has 1 heterocycles. The zero-order valence-electron chi connectivity index (χ0n) is 11.8. The van der Waals surface area contributed by atoms with E-state index in [9.17, 15) is 0 Å². The average Bonchev–Trinajstić information content (AvgIpc) is 2.85. The molecule has 2 rings (SSSR count). The molecule has 0 amide bonds. The van der Waals surface area contributed by atoms with Gasteiger partial charge in [-0.2, -0.15) is 0 Å². The summed E-state index contributed by atoms with van der Waals surface area (Å²) in [5, 5.41) is 7.61. The summed E-state index contributed by atoms with van der Waals surface area (Å²) >= 11 is 4.98. The molecule has 4 nitrogen and oxygen atoms in total.